The Kier molecular flexibility index (Phi) is 5.35. The summed E-state index contributed by atoms with van der Waals surface area (Å²) in [4.78, 5) is 13.6. The number of carbonyl (C=O) groups is 1. The molecule has 2 heterocycles. The first-order chi connectivity index (χ1) is 9.60. The van der Waals surface area contributed by atoms with Crippen LogP contribution in [0, 0.1) is 18.8 Å². The first-order valence-corrected chi connectivity index (χ1v) is 8.76. The van der Waals surface area contributed by atoms with Crippen LogP contribution in [0.5, 0.6) is 0 Å². The van der Waals surface area contributed by atoms with E-state index in [0.29, 0.717) is 16.4 Å². The highest BCUT2D eigenvalue weighted by atomic mass is 32.2. The lowest BCUT2D eigenvalue weighted by Crippen LogP contribution is -2.39. The lowest BCUT2D eigenvalue weighted by molar-refractivity contribution is 0.0938. The number of aliphatic hydroxyl groups is 1. The second-order valence-corrected chi connectivity index (χ2v) is 7.43. The molecule has 4 nitrogen and oxygen atoms in total. The molecule has 0 atom stereocenters. The third kappa shape index (κ3) is 3.92. The van der Waals surface area contributed by atoms with Crippen LogP contribution in [0.2, 0.25) is 0 Å². The summed E-state index contributed by atoms with van der Waals surface area (Å²) in [5, 5.41) is 11.7. The van der Waals surface area contributed by atoms with E-state index in [2.05, 4.69) is 17.2 Å². The van der Waals surface area contributed by atoms with Crippen LogP contribution in [-0.4, -0.2) is 39.4 Å². The number of amides is 1. The van der Waals surface area contributed by atoms with Crippen LogP contribution in [0.25, 0.3) is 0 Å². The molecule has 0 aromatic carbocycles. The largest absolute Gasteiger partial charge is 0.384 e. The van der Waals surface area contributed by atoms with Crippen molar-refractivity contribution in [1.82, 2.24) is 5.32 Å². The van der Waals surface area contributed by atoms with Crippen LogP contribution in [0.3, 0.4) is 0 Å². The maximum absolute atomic E-state index is 12.2. The van der Waals surface area contributed by atoms with Gasteiger partial charge in [0.25, 0.3) is 5.91 Å². The minimum atomic E-state index is -0.714. The van der Waals surface area contributed by atoms with Crippen molar-refractivity contribution in [1.29, 1.82) is 0 Å². The van der Waals surface area contributed by atoms with E-state index in [-0.39, 0.29) is 18.6 Å². The van der Waals surface area contributed by atoms with Gasteiger partial charge in [-0.1, -0.05) is 11.8 Å². The molecule has 1 aromatic heterocycles. The average molecular weight is 311 g/mol. The number of thiophene rings is 1. The summed E-state index contributed by atoms with van der Waals surface area (Å²) in [6, 6.07) is 1.94. The number of carbonyl (C=O) groups excluding carboxylic acids is 1. The highest BCUT2D eigenvalue weighted by Crippen LogP contribution is 2.21. The topological polar surface area (TPSA) is 66.4 Å². The van der Waals surface area contributed by atoms with Crippen molar-refractivity contribution in [3.05, 3.63) is 21.4 Å². The molecular formula is C14H17NO3S2. The van der Waals surface area contributed by atoms with E-state index < -0.39 is 10.8 Å². The van der Waals surface area contributed by atoms with E-state index in [4.69, 9.17) is 5.11 Å². The molecule has 1 fully saturated rings. The second-order valence-electron chi connectivity index (χ2n) is 4.68. The molecule has 6 heteroatoms. The normalized spacial score (nSPS) is 21.9. The van der Waals surface area contributed by atoms with Crippen molar-refractivity contribution in [3.8, 4) is 11.8 Å². The predicted molar refractivity (Wildman–Crippen MR) is 81.4 cm³/mol. The number of aryl methyl sites for hydroxylation is 1. The van der Waals surface area contributed by atoms with Gasteiger partial charge in [0.05, 0.1) is 9.75 Å². The van der Waals surface area contributed by atoms with Crippen molar-refractivity contribution in [3.63, 3.8) is 0 Å². The van der Waals surface area contributed by atoms with Crippen LogP contribution in [-0.2, 0) is 10.8 Å². The van der Waals surface area contributed by atoms with Gasteiger partial charge >= 0.3 is 0 Å². The second kappa shape index (κ2) is 7.02. The van der Waals surface area contributed by atoms with Crippen molar-refractivity contribution in [2.24, 2.45) is 0 Å². The van der Waals surface area contributed by atoms with Gasteiger partial charge in [0.2, 0.25) is 0 Å². The highest BCUT2D eigenvalue weighted by Gasteiger charge is 2.21. The number of nitrogens with one attached hydrogen (secondary N) is 1. The standard InChI is InChI=1S/C14H17NO3S2/c1-10-9-13(19-12(10)3-2-6-16)14(17)15-11-4-7-20(18)8-5-11/h9,11,16H,4-8H2,1H3,(H,15,17). The first-order valence-electron chi connectivity index (χ1n) is 6.46. The Morgan fingerprint density at radius 2 is 2.25 bits per heavy atom. The van der Waals surface area contributed by atoms with E-state index in [0.717, 1.165) is 23.3 Å². The van der Waals surface area contributed by atoms with Crippen molar-refractivity contribution >= 4 is 28.0 Å². The Hall–Kier alpha value is -1.16. The van der Waals surface area contributed by atoms with E-state index >= 15 is 0 Å². The molecule has 108 valence electrons. The summed E-state index contributed by atoms with van der Waals surface area (Å²) >= 11 is 1.34. The van der Waals surface area contributed by atoms with E-state index in [1.807, 2.05) is 13.0 Å². The van der Waals surface area contributed by atoms with E-state index in [1.165, 1.54) is 11.3 Å². The summed E-state index contributed by atoms with van der Waals surface area (Å²) in [5.41, 5.74) is 0.950. The van der Waals surface area contributed by atoms with Crippen molar-refractivity contribution < 1.29 is 14.1 Å². The molecule has 1 aliphatic heterocycles. The number of rotatable bonds is 2. The molecule has 0 unspecified atom stereocenters. The molecule has 0 bridgehead atoms. The zero-order valence-electron chi connectivity index (χ0n) is 11.3. The first kappa shape index (κ1) is 15.2. The molecule has 0 spiro atoms. The molecule has 1 saturated heterocycles. The fourth-order valence-corrected chi connectivity index (χ4v) is 4.28. The van der Waals surface area contributed by atoms with Gasteiger partial charge in [-0.2, -0.15) is 0 Å². The van der Waals surface area contributed by atoms with Gasteiger partial charge in [-0.05, 0) is 31.4 Å². The van der Waals surface area contributed by atoms with Crippen molar-refractivity contribution in [2.75, 3.05) is 18.1 Å². The summed E-state index contributed by atoms with van der Waals surface area (Å²) in [6.45, 7) is 1.72. The molecule has 1 amide bonds. The van der Waals surface area contributed by atoms with Crippen LogP contribution in [0.1, 0.15) is 33.0 Å². The molecule has 1 aliphatic rings. The van der Waals surface area contributed by atoms with Gasteiger partial charge in [-0.15, -0.1) is 11.3 Å². The zero-order valence-corrected chi connectivity index (χ0v) is 12.9. The maximum Gasteiger partial charge on any atom is 0.261 e. The molecule has 0 aliphatic carbocycles. The Labute approximate surface area is 125 Å². The van der Waals surface area contributed by atoms with Crippen molar-refractivity contribution in [2.45, 2.75) is 25.8 Å². The molecule has 0 radical (unpaired) electrons. The summed E-state index contributed by atoms with van der Waals surface area (Å²) in [5.74, 6) is 6.69. The molecule has 2 rings (SSSR count). The van der Waals surface area contributed by atoms with Gasteiger partial charge < -0.3 is 10.4 Å². The molecular weight excluding hydrogens is 294 g/mol. The van der Waals surface area contributed by atoms with Gasteiger partial charge in [-0.3, -0.25) is 9.00 Å². The number of hydrogen-bond acceptors (Lipinski definition) is 4. The zero-order chi connectivity index (χ0) is 14.5. The third-order valence-electron chi connectivity index (χ3n) is 3.15. The van der Waals surface area contributed by atoms with Gasteiger partial charge in [0, 0.05) is 28.3 Å². The van der Waals surface area contributed by atoms with Crippen LogP contribution >= 0.6 is 11.3 Å². The average Bonchev–Trinajstić information content (AvgIpc) is 2.80. The SMILES string of the molecule is Cc1cc(C(=O)NC2CCS(=O)CC2)sc1C#CCO. The van der Waals surface area contributed by atoms with Gasteiger partial charge in [-0.25, -0.2) is 0 Å². The molecule has 1 aromatic rings. The fraction of sp³-hybridized carbons (Fsp3) is 0.500. The van der Waals surface area contributed by atoms with Gasteiger partial charge in [0.1, 0.15) is 6.61 Å². The quantitative estimate of drug-likeness (QED) is 0.802. The van der Waals surface area contributed by atoms with E-state index in [9.17, 15) is 9.00 Å². The minimum absolute atomic E-state index is 0.0900. The summed E-state index contributed by atoms with van der Waals surface area (Å²) in [6.07, 6.45) is 1.56. The Morgan fingerprint density at radius 3 is 2.90 bits per heavy atom. The summed E-state index contributed by atoms with van der Waals surface area (Å²) < 4.78 is 11.3. The Morgan fingerprint density at radius 1 is 1.55 bits per heavy atom. The summed E-state index contributed by atoms with van der Waals surface area (Å²) in [7, 11) is -0.714. The van der Waals surface area contributed by atoms with Crippen LogP contribution in [0.15, 0.2) is 6.07 Å². The molecule has 20 heavy (non-hydrogen) atoms. The van der Waals surface area contributed by atoms with E-state index in [1.54, 1.807) is 0 Å². The van der Waals surface area contributed by atoms with Crippen LogP contribution < -0.4 is 5.32 Å². The van der Waals surface area contributed by atoms with Gasteiger partial charge in [0.15, 0.2) is 0 Å². The monoisotopic (exact) mass is 311 g/mol. The predicted octanol–water partition coefficient (Wildman–Crippen LogP) is 1.04. The smallest absolute Gasteiger partial charge is 0.261 e. The minimum Gasteiger partial charge on any atom is -0.384 e. The molecule has 0 saturated carbocycles. The number of hydrogen-bond donors (Lipinski definition) is 2. The lowest BCUT2D eigenvalue weighted by atomic mass is 10.1. The Bertz CT molecular complexity index is 573. The fourth-order valence-electron chi connectivity index (χ4n) is 2.03. The highest BCUT2D eigenvalue weighted by molar-refractivity contribution is 7.85. The molecule has 2 N–H and O–H groups in total. The Balaban J connectivity index is 2.00. The maximum atomic E-state index is 12.2. The number of aliphatic hydroxyl groups excluding tert-OH is 1. The third-order valence-corrected chi connectivity index (χ3v) is 5.68. The van der Waals surface area contributed by atoms with Crippen LogP contribution in [0.4, 0.5) is 0 Å². The lowest BCUT2D eigenvalue weighted by Gasteiger charge is -2.22.